The molecule has 0 saturated heterocycles. The highest BCUT2D eigenvalue weighted by molar-refractivity contribution is 5.99. The molecule has 0 aromatic heterocycles. The highest BCUT2D eigenvalue weighted by Gasteiger charge is 2.29. The summed E-state index contributed by atoms with van der Waals surface area (Å²) in [6.07, 6.45) is 1.80. The number of amides is 1. The van der Waals surface area contributed by atoms with Crippen molar-refractivity contribution in [1.29, 1.82) is 0 Å². The number of carbonyl (C=O) groups excluding carboxylic acids is 1. The molecule has 1 amide bonds. The Kier molecular flexibility index (Phi) is 3.55. The van der Waals surface area contributed by atoms with Crippen LogP contribution in [0.1, 0.15) is 30.4 Å². The summed E-state index contributed by atoms with van der Waals surface area (Å²) < 4.78 is 0. The molecule has 20 heavy (non-hydrogen) atoms. The average molecular weight is 265 g/mol. The van der Waals surface area contributed by atoms with Crippen molar-refractivity contribution in [3.63, 3.8) is 0 Å². The van der Waals surface area contributed by atoms with Crippen molar-refractivity contribution in [2.45, 2.75) is 25.7 Å². The summed E-state index contributed by atoms with van der Waals surface area (Å²) in [5.41, 5.74) is 3.49. The van der Waals surface area contributed by atoms with Crippen LogP contribution in [0.2, 0.25) is 0 Å². The Hall–Kier alpha value is -2.09. The van der Waals surface area contributed by atoms with Crippen LogP contribution in [0.25, 0.3) is 0 Å². The fourth-order valence-corrected chi connectivity index (χ4v) is 2.99. The fraction of sp³-hybridized carbons (Fsp3) is 0.278. The van der Waals surface area contributed by atoms with Gasteiger partial charge in [0.2, 0.25) is 5.91 Å². The van der Waals surface area contributed by atoms with E-state index in [0.29, 0.717) is 0 Å². The van der Waals surface area contributed by atoms with Gasteiger partial charge in [0.1, 0.15) is 0 Å². The zero-order chi connectivity index (χ0) is 13.9. The van der Waals surface area contributed by atoms with Gasteiger partial charge in [-0.15, -0.1) is 0 Å². The van der Waals surface area contributed by atoms with Crippen LogP contribution in [0.4, 0.5) is 5.69 Å². The van der Waals surface area contributed by atoms with E-state index in [1.54, 1.807) is 0 Å². The van der Waals surface area contributed by atoms with Gasteiger partial charge in [-0.25, -0.2) is 0 Å². The number of para-hydroxylation sites is 1. The number of benzene rings is 2. The first-order chi connectivity index (χ1) is 9.81. The van der Waals surface area contributed by atoms with E-state index in [0.717, 1.165) is 30.6 Å². The van der Waals surface area contributed by atoms with Gasteiger partial charge in [-0.05, 0) is 30.0 Å². The lowest BCUT2D eigenvalue weighted by molar-refractivity contribution is -0.120. The smallest absolute Gasteiger partial charge is 0.234 e. The van der Waals surface area contributed by atoms with Crippen LogP contribution in [0.5, 0.6) is 0 Å². The predicted octanol–water partition coefficient (Wildman–Crippen LogP) is 3.77. The minimum absolute atomic E-state index is 0.0395. The third kappa shape index (κ3) is 2.22. The van der Waals surface area contributed by atoms with Gasteiger partial charge in [-0.2, -0.15) is 0 Å². The summed E-state index contributed by atoms with van der Waals surface area (Å²) in [6, 6.07) is 18.3. The molecule has 0 fully saturated rings. The number of anilines is 1. The molecule has 0 N–H and O–H groups in total. The molecular weight excluding hydrogens is 246 g/mol. The fourth-order valence-electron chi connectivity index (χ4n) is 2.99. The van der Waals surface area contributed by atoms with Crippen molar-refractivity contribution in [3.8, 4) is 0 Å². The molecule has 0 radical (unpaired) electrons. The molecule has 2 heteroatoms. The molecule has 1 atom stereocenters. The maximum Gasteiger partial charge on any atom is 0.234 e. The largest absolute Gasteiger partial charge is 0.311 e. The summed E-state index contributed by atoms with van der Waals surface area (Å²) >= 11 is 0. The van der Waals surface area contributed by atoms with Crippen LogP contribution in [0, 0.1) is 0 Å². The van der Waals surface area contributed by atoms with Gasteiger partial charge in [0.15, 0.2) is 0 Å². The molecule has 1 heterocycles. The maximum atomic E-state index is 12.9. The number of nitrogens with zero attached hydrogens (tertiary/aromatic N) is 1. The first-order valence-corrected chi connectivity index (χ1v) is 7.25. The summed E-state index contributed by atoms with van der Waals surface area (Å²) in [6.45, 7) is 2.89. The summed E-state index contributed by atoms with van der Waals surface area (Å²) in [7, 11) is 0. The number of rotatable bonds is 3. The zero-order valence-corrected chi connectivity index (χ0v) is 11.8. The van der Waals surface area contributed by atoms with Crippen molar-refractivity contribution in [2.75, 3.05) is 11.4 Å². The monoisotopic (exact) mass is 265 g/mol. The van der Waals surface area contributed by atoms with E-state index >= 15 is 0 Å². The minimum Gasteiger partial charge on any atom is -0.311 e. The van der Waals surface area contributed by atoms with Gasteiger partial charge in [-0.3, -0.25) is 4.79 Å². The summed E-state index contributed by atoms with van der Waals surface area (Å²) in [5.74, 6) is 0.186. The summed E-state index contributed by atoms with van der Waals surface area (Å²) in [5, 5.41) is 0. The average Bonchev–Trinajstić information content (AvgIpc) is 2.93. The maximum absolute atomic E-state index is 12.9. The number of carbonyl (C=O) groups is 1. The van der Waals surface area contributed by atoms with Gasteiger partial charge in [0.25, 0.3) is 0 Å². The molecule has 2 aromatic carbocycles. The molecular formula is C18H19NO. The van der Waals surface area contributed by atoms with E-state index in [9.17, 15) is 4.79 Å². The standard InChI is InChI=1S/C18H19NO/c1-2-16(14-8-4-3-5-9-14)18(20)19-13-12-15-10-6-7-11-17(15)19/h3-11,16H,2,12-13H2,1H3. The van der Waals surface area contributed by atoms with E-state index in [1.165, 1.54) is 5.56 Å². The van der Waals surface area contributed by atoms with Crippen LogP contribution < -0.4 is 4.90 Å². The lowest BCUT2D eigenvalue weighted by Gasteiger charge is -2.23. The first-order valence-electron chi connectivity index (χ1n) is 7.25. The second-order valence-corrected chi connectivity index (χ2v) is 5.24. The van der Waals surface area contributed by atoms with Gasteiger partial charge in [0, 0.05) is 12.2 Å². The lowest BCUT2D eigenvalue weighted by Crippen LogP contribution is -2.33. The zero-order valence-electron chi connectivity index (χ0n) is 11.8. The van der Waals surface area contributed by atoms with Crippen LogP contribution in [0.3, 0.4) is 0 Å². The normalized spacial score (nSPS) is 14.9. The van der Waals surface area contributed by atoms with Crippen LogP contribution in [0.15, 0.2) is 54.6 Å². The Labute approximate surface area is 120 Å². The Morgan fingerprint density at radius 3 is 2.55 bits per heavy atom. The quantitative estimate of drug-likeness (QED) is 0.827. The van der Waals surface area contributed by atoms with Crippen molar-refractivity contribution >= 4 is 11.6 Å². The van der Waals surface area contributed by atoms with Crippen LogP contribution in [-0.4, -0.2) is 12.5 Å². The first kappa shape index (κ1) is 12.9. The molecule has 0 bridgehead atoms. The van der Waals surface area contributed by atoms with Gasteiger partial charge >= 0.3 is 0 Å². The number of hydrogen-bond acceptors (Lipinski definition) is 1. The van der Waals surface area contributed by atoms with E-state index in [4.69, 9.17) is 0 Å². The van der Waals surface area contributed by atoms with Crippen molar-refractivity contribution in [2.24, 2.45) is 0 Å². The van der Waals surface area contributed by atoms with Crippen molar-refractivity contribution in [1.82, 2.24) is 0 Å². The Morgan fingerprint density at radius 2 is 1.80 bits per heavy atom. The predicted molar refractivity (Wildman–Crippen MR) is 82.0 cm³/mol. The third-order valence-corrected chi connectivity index (χ3v) is 4.06. The van der Waals surface area contributed by atoms with Gasteiger partial charge < -0.3 is 4.90 Å². The molecule has 102 valence electrons. The number of fused-ring (bicyclic) bond motifs is 1. The van der Waals surface area contributed by atoms with E-state index < -0.39 is 0 Å². The molecule has 0 aliphatic carbocycles. The van der Waals surface area contributed by atoms with E-state index in [-0.39, 0.29) is 11.8 Å². The van der Waals surface area contributed by atoms with Gasteiger partial charge in [-0.1, -0.05) is 55.5 Å². The Morgan fingerprint density at radius 1 is 1.10 bits per heavy atom. The van der Waals surface area contributed by atoms with E-state index in [1.807, 2.05) is 47.4 Å². The third-order valence-electron chi connectivity index (χ3n) is 4.06. The van der Waals surface area contributed by atoms with Crippen molar-refractivity contribution in [3.05, 3.63) is 65.7 Å². The topological polar surface area (TPSA) is 20.3 Å². The van der Waals surface area contributed by atoms with Crippen LogP contribution >= 0.6 is 0 Å². The highest BCUT2D eigenvalue weighted by atomic mass is 16.2. The summed E-state index contributed by atoms with van der Waals surface area (Å²) in [4.78, 5) is 14.8. The molecule has 2 nitrogen and oxygen atoms in total. The Bertz CT molecular complexity index is 602. The molecule has 2 aromatic rings. The molecule has 1 unspecified atom stereocenters. The molecule has 1 aliphatic heterocycles. The number of hydrogen-bond donors (Lipinski definition) is 0. The lowest BCUT2D eigenvalue weighted by atomic mass is 9.95. The van der Waals surface area contributed by atoms with Gasteiger partial charge in [0.05, 0.1) is 5.92 Å². The minimum atomic E-state index is -0.0395. The SMILES string of the molecule is CCC(C(=O)N1CCc2ccccc21)c1ccccc1. The highest BCUT2D eigenvalue weighted by Crippen LogP contribution is 2.31. The second-order valence-electron chi connectivity index (χ2n) is 5.24. The molecule has 3 rings (SSSR count). The Balaban J connectivity index is 1.89. The molecule has 0 saturated carbocycles. The van der Waals surface area contributed by atoms with E-state index in [2.05, 4.69) is 19.1 Å². The van der Waals surface area contributed by atoms with Crippen molar-refractivity contribution < 1.29 is 4.79 Å². The van der Waals surface area contributed by atoms with Crippen LogP contribution in [-0.2, 0) is 11.2 Å². The molecule has 0 spiro atoms. The molecule has 1 aliphatic rings. The second kappa shape index (κ2) is 5.49.